The van der Waals surface area contributed by atoms with Gasteiger partial charge in [0.2, 0.25) is 5.56 Å². The molecular formula is C23H29N5O3. The number of pyridine rings is 1. The maximum absolute atomic E-state index is 13.2. The van der Waals surface area contributed by atoms with Gasteiger partial charge in [0.1, 0.15) is 0 Å². The Kier molecular flexibility index (Phi) is 6.15. The number of amides is 2. The first-order valence-corrected chi connectivity index (χ1v) is 11.1. The van der Waals surface area contributed by atoms with Crippen LogP contribution in [0, 0.1) is 6.92 Å². The van der Waals surface area contributed by atoms with E-state index in [0.29, 0.717) is 29.2 Å². The number of hydrogen-bond acceptors (Lipinski definition) is 5. The van der Waals surface area contributed by atoms with Gasteiger partial charge in [-0.05, 0) is 51.5 Å². The molecule has 0 N–H and O–H groups in total. The van der Waals surface area contributed by atoms with Gasteiger partial charge in [-0.2, -0.15) is 0 Å². The largest absolute Gasteiger partial charge is 0.339 e. The Labute approximate surface area is 181 Å². The number of rotatable bonds is 3. The Morgan fingerprint density at radius 2 is 1.74 bits per heavy atom. The van der Waals surface area contributed by atoms with Gasteiger partial charge in [0.05, 0.1) is 22.9 Å². The van der Waals surface area contributed by atoms with Crippen LogP contribution in [0.25, 0.3) is 0 Å². The molecule has 8 nitrogen and oxygen atoms in total. The van der Waals surface area contributed by atoms with E-state index in [4.69, 9.17) is 0 Å². The molecule has 4 heterocycles. The Morgan fingerprint density at radius 3 is 2.45 bits per heavy atom. The highest BCUT2D eigenvalue weighted by Gasteiger charge is 2.31. The highest BCUT2D eigenvalue weighted by molar-refractivity contribution is 5.95. The molecule has 2 aliphatic heterocycles. The number of piperidine rings is 2. The zero-order valence-electron chi connectivity index (χ0n) is 18.2. The molecule has 0 saturated carbocycles. The van der Waals surface area contributed by atoms with Crippen molar-refractivity contribution in [3.63, 3.8) is 0 Å². The van der Waals surface area contributed by atoms with Crippen LogP contribution < -0.4 is 5.56 Å². The average Bonchev–Trinajstić information content (AvgIpc) is 2.80. The van der Waals surface area contributed by atoms with Crippen LogP contribution in [0.2, 0.25) is 0 Å². The summed E-state index contributed by atoms with van der Waals surface area (Å²) in [6.07, 6.45) is 9.11. The minimum atomic E-state index is -0.240. The SMILES string of the molecule is Cc1nc(C2CCCCN2C(=O)c2ccc(=O)n(C)c2)ncc1C(=O)N1CCCCC1. The lowest BCUT2D eigenvalue weighted by molar-refractivity contribution is 0.0596. The molecule has 2 fully saturated rings. The monoisotopic (exact) mass is 423 g/mol. The molecule has 0 radical (unpaired) electrons. The van der Waals surface area contributed by atoms with Gasteiger partial charge in [-0.15, -0.1) is 0 Å². The van der Waals surface area contributed by atoms with Crippen molar-refractivity contribution < 1.29 is 9.59 Å². The Bertz CT molecular complexity index is 1040. The standard InChI is InChI=1S/C23H29N5O3/c1-16-18(23(31)27-11-5-3-6-12-27)14-24-21(25-16)19-8-4-7-13-28(19)22(30)17-9-10-20(29)26(2)15-17/h9-10,14-15,19H,3-8,11-13H2,1-2H3. The van der Waals surface area contributed by atoms with Crippen molar-refractivity contribution in [1.82, 2.24) is 24.3 Å². The predicted octanol–water partition coefficient (Wildman–Crippen LogP) is 2.48. The summed E-state index contributed by atoms with van der Waals surface area (Å²) in [5.74, 6) is 0.436. The summed E-state index contributed by atoms with van der Waals surface area (Å²) in [5.41, 5.74) is 1.51. The predicted molar refractivity (Wildman–Crippen MR) is 116 cm³/mol. The van der Waals surface area contributed by atoms with E-state index in [0.717, 1.165) is 45.2 Å². The lowest BCUT2D eigenvalue weighted by atomic mass is 10.00. The summed E-state index contributed by atoms with van der Waals surface area (Å²) in [5, 5.41) is 0. The van der Waals surface area contributed by atoms with E-state index >= 15 is 0 Å². The summed E-state index contributed by atoms with van der Waals surface area (Å²) in [4.78, 5) is 50.6. The van der Waals surface area contributed by atoms with Crippen LogP contribution in [0.1, 0.15) is 76.8 Å². The van der Waals surface area contributed by atoms with Gasteiger partial charge >= 0.3 is 0 Å². The van der Waals surface area contributed by atoms with Gasteiger partial charge < -0.3 is 14.4 Å². The summed E-state index contributed by atoms with van der Waals surface area (Å²) >= 11 is 0. The molecule has 0 aliphatic carbocycles. The number of aryl methyl sites for hydroxylation is 2. The summed E-state index contributed by atoms with van der Waals surface area (Å²) in [7, 11) is 1.64. The van der Waals surface area contributed by atoms with Crippen molar-refractivity contribution in [3.8, 4) is 0 Å². The number of likely N-dealkylation sites (tertiary alicyclic amines) is 2. The highest BCUT2D eigenvalue weighted by atomic mass is 16.2. The van der Waals surface area contributed by atoms with Crippen LogP contribution in [0.15, 0.2) is 29.3 Å². The van der Waals surface area contributed by atoms with E-state index in [9.17, 15) is 14.4 Å². The number of aromatic nitrogens is 3. The second kappa shape index (κ2) is 8.99. The first-order valence-electron chi connectivity index (χ1n) is 11.1. The van der Waals surface area contributed by atoms with Crippen molar-refractivity contribution in [2.75, 3.05) is 19.6 Å². The quantitative estimate of drug-likeness (QED) is 0.757. The molecule has 2 aromatic heterocycles. The molecule has 8 heteroatoms. The third-order valence-electron chi connectivity index (χ3n) is 6.27. The molecule has 1 atom stereocenters. The summed E-state index contributed by atoms with van der Waals surface area (Å²) < 4.78 is 1.41. The van der Waals surface area contributed by atoms with Crippen molar-refractivity contribution in [2.45, 2.75) is 51.5 Å². The fourth-order valence-corrected chi connectivity index (χ4v) is 4.45. The van der Waals surface area contributed by atoms with Gasteiger partial charge in [0.15, 0.2) is 5.82 Å². The van der Waals surface area contributed by atoms with E-state index in [-0.39, 0.29) is 23.4 Å². The van der Waals surface area contributed by atoms with E-state index in [1.807, 2.05) is 11.8 Å². The number of carbonyl (C=O) groups is 2. The van der Waals surface area contributed by atoms with E-state index in [2.05, 4.69) is 9.97 Å². The van der Waals surface area contributed by atoms with Crippen LogP contribution >= 0.6 is 0 Å². The zero-order valence-corrected chi connectivity index (χ0v) is 18.2. The second-order valence-electron chi connectivity index (χ2n) is 8.46. The second-order valence-corrected chi connectivity index (χ2v) is 8.46. The maximum Gasteiger partial charge on any atom is 0.257 e. The number of hydrogen-bond donors (Lipinski definition) is 0. The highest BCUT2D eigenvalue weighted by Crippen LogP contribution is 2.30. The van der Waals surface area contributed by atoms with Gasteiger partial charge in [0.25, 0.3) is 11.8 Å². The van der Waals surface area contributed by atoms with Crippen LogP contribution in [0.4, 0.5) is 0 Å². The smallest absolute Gasteiger partial charge is 0.257 e. The van der Waals surface area contributed by atoms with Crippen LogP contribution in [-0.2, 0) is 7.05 Å². The van der Waals surface area contributed by atoms with Gasteiger partial charge in [0, 0.05) is 45.1 Å². The van der Waals surface area contributed by atoms with E-state index in [1.165, 1.54) is 17.1 Å². The Hall–Kier alpha value is -3.03. The van der Waals surface area contributed by atoms with Crippen molar-refractivity contribution >= 4 is 11.8 Å². The first kappa shape index (κ1) is 21.2. The molecule has 31 heavy (non-hydrogen) atoms. The summed E-state index contributed by atoms with van der Waals surface area (Å²) in [6, 6.07) is 2.74. The lowest BCUT2D eigenvalue weighted by Crippen LogP contribution is -2.40. The molecule has 2 amide bonds. The van der Waals surface area contributed by atoms with Crippen molar-refractivity contribution in [2.24, 2.45) is 7.05 Å². The maximum atomic E-state index is 13.2. The molecule has 2 aromatic rings. The molecule has 2 saturated heterocycles. The minimum absolute atomic E-state index is 0.00877. The minimum Gasteiger partial charge on any atom is -0.339 e. The normalized spacial score (nSPS) is 19.4. The van der Waals surface area contributed by atoms with Gasteiger partial charge in [-0.25, -0.2) is 9.97 Å². The molecule has 164 valence electrons. The first-order chi connectivity index (χ1) is 15.0. The number of carbonyl (C=O) groups excluding carboxylic acids is 2. The topological polar surface area (TPSA) is 88.4 Å². The van der Waals surface area contributed by atoms with Crippen LogP contribution in [0.5, 0.6) is 0 Å². The fourth-order valence-electron chi connectivity index (χ4n) is 4.45. The van der Waals surface area contributed by atoms with E-state index < -0.39 is 0 Å². The molecule has 4 rings (SSSR count). The molecule has 2 aliphatic rings. The van der Waals surface area contributed by atoms with Crippen molar-refractivity contribution in [3.05, 3.63) is 57.5 Å². The van der Waals surface area contributed by atoms with Gasteiger partial charge in [-0.1, -0.05) is 0 Å². The van der Waals surface area contributed by atoms with Crippen LogP contribution in [0.3, 0.4) is 0 Å². The number of nitrogens with zero attached hydrogens (tertiary/aromatic N) is 5. The molecular weight excluding hydrogens is 394 g/mol. The average molecular weight is 424 g/mol. The molecule has 0 bridgehead atoms. The zero-order chi connectivity index (χ0) is 22.0. The molecule has 0 spiro atoms. The van der Waals surface area contributed by atoms with Gasteiger partial charge in [-0.3, -0.25) is 14.4 Å². The third kappa shape index (κ3) is 4.38. The molecule has 0 aromatic carbocycles. The third-order valence-corrected chi connectivity index (χ3v) is 6.27. The lowest BCUT2D eigenvalue weighted by Gasteiger charge is -2.35. The van der Waals surface area contributed by atoms with Crippen LogP contribution in [-0.4, -0.2) is 55.8 Å². The van der Waals surface area contributed by atoms with E-state index in [1.54, 1.807) is 30.4 Å². The molecule has 1 unspecified atom stereocenters. The van der Waals surface area contributed by atoms with Crippen molar-refractivity contribution in [1.29, 1.82) is 0 Å². The Morgan fingerprint density at radius 1 is 1.00 bits per heavy atom. The Balaban J connectivity index is 1.58. The fraction of sp³-hybridized carbons (Fsp3) is 0.522. The summed E-state index contributed by atoms with van der Waals surface area (Å²) in [6.45, 7) is 4.02.